The van der Waals surface area contributed by atoms with Crippen molar-refractivity contribution in [3.8, 4) is 5.75 Å². The standard InChI is InChI=1S/C32H28N4O7S/c1-20-30(31(35-43-20)23-8-3-2-4-9-23)22-11-15-25(16-12-22)44(41,42)36-29(38)18-13-21-7-5-6-10-27(21)34-33-24-14-17-28(37)26(19-24)32(39)40/h2-12,14-17,19-20,30,37H,13,18H2,1H3,(H,36,38)(H,39,40)/b34-33+. The van der Waals surface area contributed by atoms with Crippen LogP contribution in [-0.4, -0.2) is 42.3 Å². The van der Waals surface area contributed by atoms with Gasteiger partial charge in [0, 0.05) is 12.0 Å². The average molecular weight is 613 g/mol. The molecule has 4 aromatic rings. The zero-order chi connectivity index (χ0) is 31.3. The van der Waals surface area contributed by atoms with Crippen molar-refractivity contribution in [2.75, 3.05) is 0 Å². The Kier molecular flexibility index (Phi) is 8.81. The zero-order valence-corrected chi connectivity index (χ0v) is 24.3. The van der Waals surface area contributed by atoms with Gasteiger partial charge in [-0.15, -0.1) is 0 Å². The van der Waals surface area contributed by atoms with Crippen LogP contribution in [0.25, 0.3) is 0 Å². The van der Waals surface area contributed by atoms with Gasteiger partial charge < -0.3 is 15.1 Å². The summed E-state index contributed by atoms with van der Waals surface area (Å²) in [4.78, 5) is 29.4. The fourth-order valence-electron chi connectivity index (χ4n) is 4.80. The lowest BCUT2D eigenvalue weighted by Crippen LogP contribution is -2.30. The largest absolute Gasteiger partial charge is 0.507 e. The second-order valence-corrected chi connectivity index (χ2v) is 11.7. The first-order valence-electron chi connectivity index (χ1n) is 13.6. The average Bonchev–Trinajstić information content (AvgIpc) is 3.41. The maximum absolute atomic E-state index is 13.0. The number of aromatic hydroxyl groups is 1. The summed E-state index contributed by atoms with van der Waals surface area (Å²) in [7, 11) is -4.13. The van der Waals surface area contributed by atoms with Crippen LogP contribution >= 0.6 is 0 Å². The molecule has 1 aliphatic rings. The van der Waals surface area contributed by atoms with E-state index in [1.165, 1.54) is 30.3 Å². The number of sulfonamides is 1. The molecule has 12 heteroatoms. The smallest absolute Gasteiger partial charge is 0.339 e. The first kappa shape index (κ1) is 30.1. The molecule has 0 spiro atoms. The number of carboxylic acid groups (broad SMARTS) is 1. The van der Waals surface area contributed by atoms with Crippen LogP contribution in [0.1, 0.15) is 46.3 Å². The Bertz CT molecular complexity index is 1860. The Morgan fingerprint density at radius 1 is 0.932 bits per heavy atom. The third kappa shape index (κ3) is 6.81. The first-order valence-corrected chi connectivity index (χ1v) is 15.1. The number of nitrogens with zero attached hydrogens (tertiary/aromatic N) is 3. The van der Waals surface area contributed by atoms with Crippen LogP contribution in [0.5, 0.6) is 5.75 Å². The number of hydrogen-bond donors (Lipinski definition) is 3. The molecule has 0 saturated carbocycles. The highest BCUT2D eigenvalue weighted by molar-refractivity contribution is 7.90. The number of azo groups is 1. The number of benzene rings is 4. The highest BCUT2D eigenvalue weighted by Crippen LogP contribution is 2.33. The number of carbonyl (C=O) groups excluding carboxylic acids is 1. The summed E-state index contributed by atoms with van der Waals surface area (Å²) in [5, 5.41) is 31.3. The summed E-state index contributed by atoms with van der Waals surface area (Å²) >= 11 is 0. The fraction of sp³-hybridized carbons (Fsp3) is 0.156. The molecule has 3 N–H and O–H groups in total. The van der Waals surface area contributed by atoms with Crippen molar-refractivity contribution < 1.29 is 33.1 Å². The Labute approximate surface area is 253 Å². The lowest BCUT2D eigenvalue weighted by Gasteiger charge is -2.16. The molecule has 44 heavy (non-hydrogen) atoms. The van der Waals surface area contributed by atoms with Gasteiger partial charge in [-0.05, 0) is 60.9 Å². The normalized spacial score (nSPS) is 16.3. The van der Waals surface area contributed by atoms with Crippen molar-refractivity contribution in [2.45, 2.75) is 36.7 Å². The number of carbonyl (C=O) groups is 2. The monoisotopic (exact) mass is 612 g/mol. The summed E-state index contributed by atoms with van der Waals surface area (Å²) in [6.07, 6.45) is -0.204. The minimum atomic E-state index is -4.13. The van der Waals surface area contributed by atoms with E-state index in [0.29, 0.717) is 11.3 Å². The molecule has 0 radical (unpaired) electrons. The van der Waals surface area contributed by atoms with Crippen molar-refractivity contribution in [3.05, 3.63) is 119 Å². The van der Waals surface area contributed by atoms with E-state index in [4.69, 9.17) is 4.84 Å². The molecule has 0 aromatic heterocycles. The topological polar surface area (TPSA) is 167 Å². The highest BCUT2D eigenvalue weighted by atomic mass is 32.2. The van der Waals surface area contributed by atoms with Crippen LogP contribution in [0.3, 0.4) is 0 Å². The van der Waals surface area contributed by atoms with E-state index < -0.39 is 27.6 Å². The number of rotatable bonds is 10. The minimum absolute atomic E-state index is 0.0526. The number of nitrogens with one attached hydrogen (secondary N) is 1. The van der Waals surface area contributed by atoms with Crippen molar-refractivity contribution in [2.24, 2.45) is 15.4 Å². The SMILES string of the molecule is CC1ON=C(c2ccccc2)C1c1ccc(S(=O)(=O)NC(=O)CCc2ccccc2/N=N/c2ccc(O)c(C(=O)O)c2)cc1. The van der Waals surface area contributed by atoms with E-state index in [0.717, 1.165) is 16.8 Å². The number of hydrogen-bond acceptors (Lipinski definition) is 9. The molecule has 0 saturated heterocycles. The lowest BCUT2D eigenvalue weighted by atomic mass is 9.87. The summed E-state index contributed by atoms with van der Waals surface area (Å²) in [5.41, 5.74) is 3.47. The summed E-state index contributed by atoms with van der Waals surface area (Å²) < 4.78 is 28.1. The molecule has 4 aromatic carbocycles. The maximum atomic E-state index is 13.0. The summed E-state index contributed by atoms with van der Waals surface area (Å²) in [6, 6.07) is 26.6. The van der Waals surface area contributed by atoms with Crippen LogP contribution in [0.2, 0.25) is 0 Å². The molecule has 224 valence electrons. The van der Waals surface area contributed by atoms with Crippen molar-refractivity contribution in [3.63, 3.8) is 0 Å². The van der Waals surface area contributed by atoms with Gasteiger partial charge in [-0.2, -0.15) is 10.2 Å². The lowest BCUT2D eigenvalue weighted by molar-refractivity contribution is -0.119. The zero-order valence-electron chi connectivity index (χ0n) is 23.5. The second kappa shape index (κ2) is 12.9. The van der Waals surface area contributed by atoms with E-state index in [-0.39, 0.29) is 41.0 Å². The van der Waals surface area contributed by atoms with Gasteiger partial charge in [-0.3, -0.25) is 4.79 Å². The Balaban J connectivity index is 1.23. The number of aromatic carboxylic acids is 1. The van der Waals surface area contributed by atoms with Gasteiger partial charge >= 0.3 is 5.97 Å². The molecule has 11 nitrogen and oxygen atoms in total. The van der Waals surface area contributed by atoms with Gasteiger partial charge in [0.15, 0.2) is 0 Å². The molecule has 1 aliphatic heterocycles. The number of amides is 1. The van der Waals surface area contributed by atoms with Gasteiger partial charge in [0.2, 0.25) is 5.91 Å². The van der Waals surface area contributed by atoms with Gasteiger partial charge in [0.1, 0.15) is 17.4 Å². The van der Waals surface area contributed by atoms with Gasteiger partial charge in [0.25, 0.3) is 10.0 Å². The number of oxime groups is 1. The maximum Gasteiger partial charge on any atom is 0.339 e. The number of carboxylic acids is 1. The summed E-state index contributed by atoms with van der Waals surface area (Å²) in [5.74, 6) is -2.57. The highest BCUT2D eigenvalue weighted by Gasteiger charge is 2.33. The van der Waals surface area contributed by atoms with Crippen LogP contribution in [0.15, 0.2) is 117 Å². The Hall–Kier alpha value is -5.36. The van der Waals surface area contributed by atoms with E-state index >= 15 is 0 Å². The third-order valence-electron chi connectivity index (χ3n) is 7.05. The predicted octanol–water partition coefficient (Wildman–Crippen LogP) is 5.85. The molecule has 1 heterocycles. The molecule has 0 fully saturated rings. The molecule has 0 aliphatic carbocycles. The van der Waals surface area contributed by atoms with Crippen molar-refractivity contribution >= 4 is 39.0 Å². The molecule has 0 bridgehead atoms. The number of aryl methyl sites for hydroxylation is 1. The molecule has 2 unspecified atom stereocenters. The second-order valence-electron chi connectivity index (χ2n) is 10.1. The molecule has 5 rings (SSSR count). The van der Waals surface area contributed by atoms with Crippen LogP contribution in [-0.2, 0) is 26.1 Å². The van der Waals surface area contributed by atoms with Crippen LogP contribution in [0, 0.1) is 0 Å². The van der Waals surface area contributed by atoms with Crippen molar-refractivity contribution in [1.29, 1.82) is 0 Å². The van der Waals surface area contributed by atoms with Crippen LogP contribution < -0.4 is 4.72 Å². The van der Waals surface area contributed by atoms with Gasteiger partial charge in [0.05, 0.1) is 27.9 Å². The fourth-order valence-corrected chi connectivity index (χ4v) is 5.82. The Morgan fingerprint density at radius 3 is 2.36 bits per heavy atom. The summed E-state index contributed by atoms with van der Waals surface area (Å²) in [6.45, 7) is 1.90. The molecular formula is C32H28N4O7S. The van der Waals surface area contributed by atoms with E-state index in [1.807, 2.05) is 37.3 Å². The minimum Gasteiger partial charge on any atom is -0.507 e. The van der Waals surface area contributed by atoms with Crippen molar-refractivity contribution in [1.82, 2.24) is 4.72 Å². The predicted molar refractivity (Wildman–Crippen MR) is 162 cm³/mol. The Morgan fingerprint density at radius 2 is 1.64 bits per heavy atom. The first-order chi connectivity index (χ1) is 21.1. The van der Waals surface area contributed by atoms with E-state index in [9.17, 15) is 28.2 Å². The molecular weight excluding hydrogens is 584 g/mol. The molecule has 2 atom stereocenters. The third-order valence-corrected chi connectivity index (χ3v) is 8.43. The van der Waals surface area contributed by atoms with Gasteiger partial charge in [-0.1, -0.05) is 65.8 Å². The molecule has 1 amide bonds. The van der Waals surface area contributed by atoms with Gasteiger partial charge in [-0.25, -0.2) is 17.9 Å². The number of phenols is 1. The quantitative estimate of drug-likeness (QED) is 0.189. The van der Waals surface area contributed by atoms with Crippen LogP contribution in [0.4, 0.5) is 11.4 Å². The van der Waals surface area contributed by atoms with E-state index in [2.05, 4.69) is 20.1 Å². The van der Waals surface area contributed by atoms with E-state index in [1.54, 1.807) is 36.4 Å².